The lowest BCUT2D eigenvalue weighted by Crippen LogP contribution is -2.12. The van der Waals surface area contributed by atoms with Gasteiger partial charge in [-0.15, -0.1) is 0 Å². The Bertz CT molecular complexity index is 400. The third kappa shape index (κ3) is 4.59. The van der Waals surface area contributed by atoms with Crippen LogP contribution in [0, 0.1) is 12.3 Å². The molecule has 0 aliphatic carbocycles. The number of carbonyl (C=O) groups is 1. The lowest BCUT2D eigenvalue weighted by Gasteiger charge is -2.19. The van der Waals surface area contributed by atoms with Gasteiger partial charge in [-0.1, -0.05) is 26.8 Å². The molecule has 0 aliphatic heterocycles. The van der Waals surface area contributed by atoms with Gasteiger partial charge in [-0.25, -0.2) is 0 Å². The van der Waals surface area contributed by atoms with Gasteiger partial charge in [0, 0.05) is 0 Å². The smallest absolute Gasteiger partial charge is 0.163 e. The molecule has 0 radical (unpaired) electrons. The first-order chi connectivity index (χ1) is 7.79. The highest BCUT2D eigenvalue weighted by atomic mass is 16.5. The number of rotatable bonds is 4. The number of ketones is 1. The van der Waals surface area contributed by atoms with Crippen molar-refractivity contribution in [1.29, 1.82) is 0 Å². The van der Waals surface area contributed by atoms with Crippen LogP contribution in [0.3, 0.4) is 0 Å². The second-order valence-corrected chi connectivity index (χ2v) is 5.71. The minimum Gasteiger partial charge on any atom is -0.493 e. The number of benzene rings is 1. The average Bonchev–Trinajstić information content (AvgIpc) is 2.15. The first kappa shape index (κ1) is 13.8. The molecule has 2 heteroatoms. The van der Waals surface area contributed by atoms with Crippen molar-refractivity contribution in [3.8, 4) is 5.75 Å². The Balaban J connectivity index is 2.75. The predicted octanol–water partition coefficient (Wildman–Crippen LogP) is 4.01. The summed E-state index contributed by atoms with van der Waals surface area (Å²) < 4.78 is 5.73. The van der Waals surface area contributed by atoms with Crippen LogP contribution in [0.5, 0.6) is 5.75 Å². The fourth-order valence-electron chi connectivity index (χ4n) is 1.51. The molecule has 0 aromatic heterocycles. The summed E-state index contributed by atoms with van der Waals surface area (Å²) in [6.07, 6.45) is 0.971. The first-order valence-electron chi connectivity index (χ1n) is 6.04. The molecule has 1 rings (SSSR count). The molecule has 17 heavy (non-hydrogen) atoms. The van der Waals surface area contributed by atoms with Crippen LogP contribution in [-0.4, -0.2) is 12.4 Å². The Morgan fingerprint density at radius 2 is 1.94 bits per heavy atom. The number of ether oxygens (including phenoxy) is 1. The molecule has 0 saturated heterocycles. The van der Waals surface area contributed by atoms with Crippen molar-refractivity contribution in [2.45, 2.75) is 41.0 Å². The molecule has 0 atom stereocenters. The molecule has 94 valence electrons. The Labute approximate surface area is 104 Å². The molecule has 0 aliphatic rings. The quantitative estimate of drug-likeness (QED) is 0.736. The largest absolute Gasteiger partial charge is 0.493 e. The molecule has 0 saturated carbocycles. The van der Waals surface area contributed by atoms with E-state index in [1.807, 2.05) is 25.1 Å². The van der Waals surface area contributed by atoms with E-state index in [2.05, 4.69) is 20.8 Å². The highest BCUT2D eigenvalue weighted by Crippen LogP contribution is 2.23. The van der Waals surface area contributed by atoms with Crippen molar-refractivity contribution >= 4 is 5.78 Å². The van der Waals surface area contributed by atoms with Gasteiger partial charge in [0.2, 0.25) is 0 Å². The summed E-state index contributed by atoms with van der Waals surface area (Å²) in [6, 6.07) is 5.71. The van der Waals surface area contributed by atoms with Crippen molar-refractivity contribution in [3.05, 3.63) is 29.3 Å². The molecule has 1 aromatic rings. The highest BCUT2D eigenvalue weighted by molar-refractivity contribution is 5.96. The van der Waals surface area contributed by atoms with Gasteiger partial charge in [0.05, 0.1) is 12.2 Å². The van der Waals surface area contributed by atoms with Crippen LogP contribution in [0.4, 0.5) is 0 Å². The standard InChI is InChI=1S/C15H22O2/c1-11-6-7-13(12(2)16)14(10-11)17-9-8-15(3,4)5/h6-7,10H,8-9H2,1-5H3. The van der Waals surface area contributed by atoms with E-state index in [1.165, 1.54) is 0 Å². The van der Waals surface area contributed by atoms with Crippen LogP contribution in [0.15, 0.2) is 18.2 Å². The number of Topliss-reactive ketones (excluding diaryl/α,β-unsaturated/α-hetero) is 1. The van der Waals surface area contributed by atoms with E-state index in [1.54, 1.807) is 6.92 Å². The molecule has 0 amide bonds. The molecule has 0 fully saturated rings. The molecular formula is C15H22O2. The fourth-order valence-corrected chi connectivity index (χ4v) is 1.51. The van der Waals surface area contributed by atoms with Gasteiger partial charge in [-0.3, -0.25) is 4.79 Å². The Morgan fingerprint density at radius 1 is 1.29 bits per heavy atom. The topological polar surface area (TPSA) is 26.3 Å². The van der Waals surface area contributed by atoms with E-state index < -0.39 is 0 Å². The summed E-state index contributed by atoms with van der Waals surface area (Å²) >= 11 is 0. The summed E-state index contributed by atoms with van der Waals surface area (Å²) in [4.78, 5) is 11.5. The third-order valence-electron chi connectivity index (χ3n) is 2.63. The maximum Gasteiger partial charge on any atom is 0.163 e. The number of hydrogen-bond donors (Lipinski definition) is 0. The Morgan fingerprint density at radius 3 is 2.47 bits per heavy atom. The van der Waals surface area contributed by atoms with E-state index in [-0.39, 0.29) is 11.2 Å². The zero-order chi connectivity index (χ0) is 13.1. The maximum absolute atomic E-state index is 11.5. The van der Waals surface area contributed by atoms with E-state index in [9.17, 15) is 4.79 Å². The molecular weight excluding hydrogens is 212 g/mol. The molecule has 2 nitrogen and oxygen atoms in total. The lowest BCUT2D eigenvalue weighted by molar-refractivity contribution is 0.101. The van der Waals surface area contributed by atoms with E-state index in [4.69, 9.17) is 4.74 Å². The molecule has 0 spiro atoms. The molecule has 1 aromatic carbocycles. The van der Waals surface area contributed by atoms with E-state index >= 15 is 0 Å². The summed E-state index contributed by atoms with van der Waals surface area (Å²) in [7, 11) is 0. The average molecular weight is 234 g/mol. The summed E-state index contributed by atoms with van der Waals surface area (Å²) in [5, 5.41) is 0. The summed E-state index contributed by atoms with van der Waals surface area (Å²) in [5.74, 6) is 0.762. The minimum absolute atomic E-state index is 0.0516. The van der Waals surface area contributed by atoms with Gasteiger partial charge < -0.3 is 4.74 Å². The molecule has 0 N–H and O–H groups in total. The van der Waals surface area contributed by atoms with Crippen LogP contribution in [0.25, 0.3) is 0 Å². The second-order valence-electron chi connectivity index (χ2n) is 5.71. The molecule has 0 bridgehead atoms. The van der Waals surface area contributed by atoms with Crippen molar-refractivity contribution in [3.63, 3.8) is 0 Å². The Kier molecular flexibility index (Phi) is 4.33. The van der Waals surface area contributed by atoms with Gasteiger partial charge in [0.1, 0.15) is 5.75 Å². The van der Waals surface area contributed by atoms with Crippen LogP contribution < -0.4 is 4.74 Å². The van der Waals surface area contributed by atoms with Crippen molar-refractivity contribution in [1.82, 2.24) is 0 Å². The van der Waals surface area contributed by atoms with Gasteiger partial charge in [-0.05, 0) is 43.4 Å². The number of hydrogen-bond acceptors (Lipinski definition) is 2. The zero-order valence-corrected chi connectivity index (χ0v) is 11.5. The first-order valence-corrected chi connectivity index (χ1v) is 6.04. The van der Waals surface area contributed by atoms with E-state index in [0.29, 0.717) is 17.9 Å². The minimum atomic E-state index is 0.0516. The Hall–Kier alpha value is -1.31. The highest BCUT2D eigenvalue weighted by Gasteiger charge is 2.12. The van der Waals surface area contributed by atoms with Crippen molar-refractivity contribution in [2.24, 2.45) is 5.41 Å². The van der Waals surface area contributed by atoms with Gasteiger partial charge in [-0.2, -0.15) is 0 Å². The summed E-state index contributed by atoms with van der Waals surface area (Å²) in [6.45, 7) is 10.8. The maximum atomic E-state index is 11.5. The van der Waals surface area contributed by atoms with Crippen LogP contribution in [0.2, 0.25) is 0 Å². The zero-order valence-electron chi connectivity index (χ0n) is 11.5. The van der Waals surface area contributed by atoms with Gasteiger partial charge in [0.25, 0.3) is 0 Å². The SMILES string of the molecule is CC(=O)c1ccc(C)cc1OCCC(C)(C)C. The monoisotopic (exact) mass is 234 g/mol. The molecule has 0 unspecified atom stereocenters. The number of aryl methyl sites for hydroxylation is 1. The lowest BCUT2D eigenvalue weighted by atomic mass is 9.93. The third-order valence-corrected chi connectivity index (χ3v) is 2.63. The van der Waals surface area contributed by atoms with Crippen molar-refractivity contribution < 1.29 is 9.53 Å². The van der Waals surface area contributed by atoms with Crippen LogP contribution in [0.1, 0.15) is 50.0 Å². The van der Waals surface area contributed by atoms with Crippen LogP contribution in [-0.2, 0) is 0 Å². The summed E-state index contributed by atoms with van der Waals surface area (Å²) in [5.41, 5.74) is 2.03. The van der Waals surface area contributed by atoms with E-state index in [0.717, 1.165) is 12.0 Å². The predicted molar refractivity (Wildman–Crippen MR) is 70.8 cm³/mol. The van der Waals surface area contributed by atoms with Crippen LogP contribution >= 0.6 is 0 Å². The van der Waals surface area contributed by atoms with Crippen molar-refractivity contribution in [2.75, 3.05) is 6.61 Å². The number of carbonyl (C=O) groups excluding carboxylic acids is 1. The normalized spacial score (nSPS) is 11.4. The van der Waals surface area contributed by atoms with Gasteiger partial charge in [0.15, 0.2) is 5.78 Å². The molecule has 0 heterocycles. The fraction of sp³-hybridized carbons (Fsp3) is 0.533. The van der Waals surface area contributed by atoms with Gasteiger partial charge >= 0.3 is 0 Å². The second kappa shape index (κ2) is 5.35.